The summed E-state index contributed by atoms with van der Waals surface area (Å²) in [6.45, 7) is 0.808. The van der Waals surface area contributed by atoms with Crippen LogP contribution < -0.4 is 9.30 Å². The van der Waals surface area contributed by atoms with Gasteiger partial charge in [-0.15, -0.1) is 0 Å². The monoisotopic (exact) mass is 328 g/mol. The Kier molecular flexibility index (Phi) is 3.70. The maximum Gasteiger partial charge on any atom is 0.176 e. The molecule has 0 radical (unpaired) electrons. The number of pyridine rings is 1. The number of ether oxygens (including phenoxy) is 1. The summed E-state index contributed by atoms with van der Waals surface area (Å²) in [4.78, 5) is 0. The minimum absolute atomic E-state index is 0.808. The minimum Gasteiger partial charge on any atom is -0.497 e. The van der Waals surface area contributed by atoms with E-state index in [2.05, 4.69) is 69.3 Å². The predicted molar refractivity (Wildman–Crippen MR) is 83.9 cm³/mol. The van der Waals surface area contributed by atoms with Gasteiger partial charge in [0.2, 0.25) is 0 Å². The lowest BCUT2D eigenvalue weighted by atomic mass is 10.1. The molecule has 2 nitrogen and oxygen atoms in total. The van der Waals surface area contributed by atoms with Gasteiger partial charge in [0.05, 0.1) is 7.11 Å². The fourth-order valence-corrected chi connectivity index (χ4v) is 2.64. The third-order valence-corrected chi connectivity index (χ3v) is 4.13. The van der Waals surface area contributed by atoms with Crippen molar-refractivity contribution in [3.05, 3.63) is 71.0 Å². The number of halogens is 1. The zero-order chi connectivity index (χ0) is 13.9. The Morgan fingerprint density at radius 2 is 1.85 bits per heavy atom. The molecule has 3 rings (SSSR count). The number of benzene rings is 2. The molecule has 2 aromatic carbocycles. The second kappa shape index (κ2) is 5.63. The number of aromatic nitrogens is 1. The third kappa shape index (κ3) is 2.68. The Balaban J connectivity index is 1.96. The second-order valence-electron chi connectivity index (χ2n) is 4.70. The average molecular weight is 329 g/mol. The van der Waals surface area contributed by atoms with Gasteiger partial charge >= 0.3 is 0 Å². The highest BCUT2D eigenvalue weighted by Gasteiger charge is 2.09. The zero-order valence-electron chi connectivity index (χ0n) is 11.2. The normalized spacial score (nSPS) is 10.7. The first-order chi connectivity index (χ1) is 9.76. The molecule has 0 N–H and O–H groups in total. The molecule has 1 aromatic heterocycles. The van der Waals surface area contributed by atoms with Gasteiger partial charge in [0.1, 0.15) is 5.75 Å². The molecule has 0 aliphatic rings. The molecular weight excluding hydrogens is 314 g/mol. The quantitative estimate of drug-likeness (QED) is 0.663. The summed E-state index contributed by atoms with van der Waals surface area (Å²) >= 11 is 3.60. The van der Waals surface area contributed by atoms with E-state index in [1.165, 1.54) is 16.3 Å². The predicted octanol–water partition coefficient (Wildman–Crippen LogP) is 3.95. The SMILES string of the molecule is COc1ccc(Br)c(C[n+]2ccc3ccccc3c2)c1. The summed E-state index contributed by atoms with van der Waals surface area (Å²) in [5.74, 6) is 0.879. The fraction of sp³-hybridized carbons (Fsp3) is 0.118. The van der Waals surface area contributed by atoms with Crippen molar-refractivity contribution in [2.45, 2.75) is 6.54 Å². The van der Waals surface area contributed by atoms with E-state index in [-0.39, 0.29) is 0 Å². The molecule has 0 amide bonds. The lowest BCUT2D eigenvalue weighted by molar-refractivity contribution is -0.687. The first kappa shape index (κ1) is 13.1. The van der Waals surface area contributed by atoms with Crippen LogP contribution in [-0.2, 0) is 6.54 Å². The smallest absolute Gasteiger partial charge is 0.176 e. The van der Waals surface area contributed by atoms with Gasteiger partial charge in [0.25, 0.3) is 0 Å². The minimum atomic E-state index is 0.808. The summed E-state index contributed by atoms with van der Waals surface area (Å²) in [5.41, 5.74) is 1.20. The number of hydrogen-bond acceptors (Lipinski definition) is 1. The molecule has 0 atom stereocenters. The summed E-state index contributed by atoms with van der Waals surface area (Å²) in [6.07, 6.45) is 4.27. The fourth-order valence-electron chi connectivity index (χ4n) is 2.27. The van der Waals surface area contributed by atoms with Crippen molar-refractivity contribution >= 4 is 26.7 Å². The summed E-state index contributed by atoms with van der Waals surface area (Å²) < 4.78 is 8.57. The van der Waals surface area contributed by atoms with Crippen LogP contribution in [-0.4, -0.2) is 7.11 Å². The van der Waals surface area contributed by atoms with Gasteiger partial charge in [0, 0.05) is 21.5 Å². The van der Waals surface area contributed by atoms with Crippen molar-refractivity contribution in [2.24, 2.45) is 0 Å². The van der Waals surface area contributed by atoms with Crippen molar-refractivity contribution in [3.63, 3.8) is 0 Å². The van der Waals surface area contributed by atoms with Crippen LogP contribution in [0.15, 0.2) is 65.4 Å². The number of fused-ring (bicyclic) bond motifs is 1. The molecule has 0 unspecified atom stereocenters. The van der Waals surface area contributed by atoms with Crippen molar-refractivity contribution in [3.8, 4) is 5.75 Å². The molecule has 3 aromatic rings. The number of rotatable bonds is 3. The van der Waals surface area contributed by atoms with Crippen molar-refractivity contribution in [2.75, 3.05) is 7.11 Å². The molecule has 1 heterocycles. The maximum absolute atomic E-state index is 5.29. The van der Waals surface area contributed by atoms with E-state index in [0.717, 1.165) is 16.8 Å². The molecule has 0 aliphatic heterocycles. The Labute approximate surface area is 126 Å². The van der Waals surface area contributed by atoms with Crippen LogP contribution in [0.4, 0.5) is 0 Å². The Morgan fingerprint density at radius 3 is 2.65 bits per heavy atom. The van der Waals surface area contributed by atoms with Gasteiger partial charge in [-0.05, 0) is 29.7 Å². The molecule has 0 aliphatic carbocycles. The highest BCUT2D eigenvalue weighted by molar-refractivity contribution is 9.10. The van der Waals surface area contributed by atoms with Crippen molar-refractivity contribution in [1.82, 2.24) is 0 Å². The van der Waals surface area contributed by atoms with Crippen molar-refractivity contribution in [1.29, 1.82) is 0 Å². The molecule has 0 saturated carbocycles. The Morgan fingerprint density at radius 1 is 1.05 bits per heavy atom. The van der Waals surface area contributed by atoms with Gasteiger partial charge in [-0.3, -0.25) is 0 Å². The molecule has 20 heavy (non-hydrogen) atoms. The van der Waals surface area contributed by atoms with Gasteiger partial charge in [-0.1, -0.05) is 34.1 Å². The van der Waals surface area contributed by atoms with E-state index in [9.17, 15) is 0 Å². The molecule has 0 saturated heterocycles. The highest BCUT2D eigenvalue weighted by atomic mass is 79.9. The summed E-state index contributed by atoms with van der Waals surface area (Å²) in [7, 11) is 1.69. The standard InChI is InChI=1S/C17H15BrNO/c1-20-16-6-7-17(18)15(10-16)12-19-9-8-13-4-2-3-5-14(13)11-19/h2-11H,12H2,1H3/q+1. The van der Waals surface area contributed by atoms with Gasteiger partial charge in [-0.25, -0.2) is 4.57 Å². The van der Waals surface area contributed by atoms with E-state index in [1.807, 2.05) is 12.1 Å². The number of methoxy groups -OCH3 is 1. The maximum atomic E-state index is 5.29. The molecular formula is C17H15BrNO+. The second-order valence-corrected chi connectivity index (χ2v) is 5.56. The Hall–Kier alpha value is -1.87. The largest absolute Gasteiger partial charge is 0.497 e. The molecule has 0 bridgehead atoms. The van der Waals surface area contributed by atoms with Gasteiger partial charge < -0.3 is 4.74 Å². The van der Waals surface area contributed by atoms with Crippen LogP contribution in [0.5, 0.6) is 5.75 Å². The molecule has 0 fully saturated rings. The highest BCUT2D eigenvalue weighted by Crippen LogP contribution is 2.22. The van der Waals surface area contributed by atoms with Crippen LogP contribution in [0.25, 0.3) is 10.8 Å². The van der Waals surface area contributed by atoms with Crippen LogP contribution >= 0.6 is 15.9 Å². The lowest BCUT2D eigenvalue weighted by Crippen LogP contribution is -2.33. The van der Waals surface area contributed by atoms with E-state index in [4.69, 9.17) is 4.74 Å². The van der Waals surface area contributed by atoms with Crippen LogP contribution in [0.3, 0.4) is 0 Å². The Bertz CT molecular complexity index is 755. The number of nitrogens with zero attached hydrogens (tertiary/aromatic N) is 1. The number of hydrogen-bond donors (Lipinski definition) is 0. The first-order valence-corrected chi connectivity index (χ1v) is 7.26. The van der Waals surface area contributed by atoms with E-state index in [1.54, 1.807) is 7.11 Å². The molecule has 0 spiro atoms. The van der Waals surface area contributed by atoms with Crippen molar-refractivity contribution < 1.29 is 9.30 Å². The third-order valence-electron chi connectivity index (χ3n) is 3.35. The van der Waals surface area contributed by atoms with Crippen LogP contribution in [0.1, 0.15) is 5.56 Å². The summed E-state index contributed by atoms with van der Waals surface area (Å²) in [6, 6.07) is 16.6. The zero-order valence-corrected chi connectivity index (χ0v) is 12.8. The van der Waals surface area contributed by atoms with E-state index < -0.39 is 0 Å². The molecule has 100 valence electrons. The molecule has 3 heteroatoms. The topological polar surface area (TPSA) is 13.1 Å². The van der Waals surface area contributed by atoms with Crippen LogP contribution in [0.2, 0.25) is 0 Å². The van der Waals surface area contributed by atoms with Gasteiger partial charge in [-0.2, -0.15) is 0 Å². The average Bonchev–Trinajstić information content (AvgIpc) is 2.49. The van der Waals surface area contributed by atoms with E-state index >= 15 is 0 Å². The van der Waals surface area contributed by atoms with Crippen LogP contribution in [0, 0.1) is 0 Å². The first-order valence-electron chi connectivity index (χ1n) is 6.46. The van der Waals surface area contributed by atoms with E-state index in [0.29, 0.717) is 0 Å². The summed E-state index contributed by atoms with van der Waals surface area (Å²) in [5, 5.41) is 2.50. The lowest BCUT2D eigenvalue weighted by Gasteiger charge is -2.05. The van der Waals surface area contributed by atoms with Gasteiger partial charge in [0.15, 0.2) is 18.9 Å².